The molecule has 2 amide bonds. The summed E-state index contributed by atoms with van der Waals surface area (Å²) in [4.78, 5) is 45.8. The number of aryl methyl sites for hydroxylation is 1. The first-order chi connectivity index (χ1) is 14.4. The van der Waals surface area contributed by atoms with Gasteiger partial charge in [-0.3, -0.25) is 24.5 Å². The number of esters is 1. The van der Waals surface area contributed by atoms with Crippen molar-refractivity contribution in [1.82, 2.24) is 0 Å². The van der Waals surface area contributed by atoms with E-state index in [1.165, 1.54) is 24.3 Å². The molecule has 0 atom stereocenters. The van der Waals surface area contributed by atoms with E-state index in [2.05, 4.69) is 10.6 Å². The minimum absolute atomic E-state index is 0.0266. The Kier molecular flexibility index (Phi) is 8.49. The van der Waals surface area contributed by atoms with Crippen LogP contribution < -0.4 is 10.6 Å². The standard InChI is InChI=1S/C21H23N3O6/c1-2-15-7-3-4-10-18(15)23-20(26)14-30-21(27)12-6-11-19(25)22-16-8-5-9-17(13-16)24(28)29/h3-5,7-10,13H,2,6,11-12,14H2,1H3,(H,22,25)(H,23,26). The van der Waals surface area contributed by atoms with Crippen molar-refractivity contribution in [2.24, 2.45) is 0 Å². The van der Waals surface area contributed by atoms with Crippen LogP contribution in [0.15, 0.2) is 48.5 Å². The van der Waals surface area contributed by atoms with E-state index in [0.717, 1.165) is 12.0 Å². The molecule has 0 bridgehead atoms. The molecule has 0 spiro atoms. The number of nitro groups is 1. The lowest BCUT2D eigenvalue weighted by atomic mass is 10.1. The fourth-order valence-corrected chi connectivity index (χ4v) is 2.67. The summed E-state index contributed by atoms with van der Waals surface area (Å²) in [6.45, 7) is 1.57. The van der Waals surface area contributed by atoms with E-state index in [-0.39, 0.29) is 30.9 Å². The molecule has 0 aliphatic carbocycles. The maximum atomic E-state index is 11.9. The minimum atomic E-state index is -0.586. The molecule has 9 nitrogen and oxygen atoms in total. The Hall–Kier alpha value is -3.75. The Bertz CT molecular complexity index is 928. The summed E-state index contributed by atoms with van der Waals surface area (Å²) in [5, 5.41) is 16.0. The summed E-state index contributed by atoms with van der Waals surface area (Å²) in [5.74, 6) is -1.40. The molecule has 0 aliphatic heterocycles. The van der Waals surface area contributed by atoms with Crippen LogP contribution in [0.25, 0.3) is 0 Å². The molecule has 0 saturated carbocycles. The molecule has 158 valence electrons. The van der Waals surface area contributed by atoms with Crippen LogP contribution in [0.5, 0.6) is 0 Å². The number of para-hydroxylation sites is 1. The van der Waals surface area contributed by atoms with Gasteiger partial charge in [-0.25, -0.2) is 0 Å². The SMILES string of the molecule is CCc1ccccc1NC(=O)COC(=O)CCCC(=O)Nc1cccc([N+](=O)[O-])c1. The summed E-state index contributed by atoms with van der Waals surface area (Å²) < 4.78 is 4.93. The Balaban J connectivity index is 1.68. The third-order valence-electron chi connectivity index (χ3n) is 4.16. The first kappa shape index (κ1) is 22.5. The Labute approximate surface area is 173 Å². The van der Waals surface area contributed by atoms with E-state index in [4.69, 9.17) is 4.74 Å². The third kappa shape index (κ3) is 7.34. The van der Waals surface area contributed by atoms with Gasteiger partial charge in [-0.15, -0.1) is 0 Å². The number of hydrogen-bond acceptors (Lipinski definition) is 6. The molecule has 9 heteroatoms. The van der Waals surface area contributed by atoms with E-state index >= 15 is 0 Å². The molecule has 0 unspecified atom stereocenters. The van der Waals surface area contributed by atoms with Gasteiger partial charge in [0, 0.05) is 36.3 Å². The number of benzene rings is 2. The van der Waals surface area contributed by atoms with Gasteiger partial charge in [0.1, 0.15) is 0 Å². The van der Waals surface area contributed by atoms with Crippen molar-refractivity contribution in [2.45, 2.75) is 32.6 Å². The van der Waals surface area contributed by atoms with Gasteiger partial charge < -0.3 is 15.4 Å². The first-order valence-electron chi connectivity index (χ1n) is 9.46. The molecule has 0 fully saturated rings. The number of ether oxygens (including phenoxy) is 1. The van der Waals surface area contributed by atoms with Crippen LogP contribution in [0.4, 0.5) is 17.1 Å². The van der Waals surface area contributed by atoms with Crippen LogP contribution in [0, 0.1) is 10.1 Å². The summed E-state index contributed by atoms with van der Waals surface area (Å²) in [6, 6.07) is 12.9. The number of non-ortho nitro benzene ring substituents is 1. The maximum absolute atomic E-state index is 11.9. The average Bonchev–Trinajstić information content (AvgIpc) is 2.73. The predicted molar refractivity (Wildman–Crippen MR) is 111 cm³/mol. The molecule has 0 radical (unpaired) electrons. The van der Waals surface area contributed by atoms with Gasteiger partial charge >= 0.3 is 5.97 Å². The smallest absolute Gasteiger partial charge is 0.306 e. The molecular formula is C21H23N3O6. The Morgan fingerprint density at radius 1 is 1.00 bits per heavy atom. The van der Waals surface area contributed by atoms with Crippen molar-refractivity contribution in [1.29, 1.82) is 0 Å². The van der Waals surface area contributed by atoms with Gasteiger partial charge in [0.25, 0.3) is 11.6 Å². The summed E-state index contributed by atoms with van der Waals surface area (Å²) >= 11 is 0. The van der Waals surface area contributed by atoms with Crippen LogP contribution in [0.1, 0.15) is 31.7 Å². The molecular weight excluding hydrogens is 390 g/mol. The topological polar surface area (TPSA) is 128 Å². The van der Waals surface area contributed by atoms with E-state index in [1.807, 2.05) is 19.1 Å². The number of carbonyl (C=O) groups excluding carboxylic acids is 3. The maximum Gasteiger partial charge on any atom is 0.306 e. The van der Waals surface area contributed by atoms with E-state index in [0.29, 0.717) is 11.4 Å². The Morgan fingerprint density at radius 3 is 2.50 bits per heavy atom. The molecule has 2 aromatic carbocycles. The van der Waals surface area contributed by atoms with Crippen molar-refractivity contribution in [3.63, 3.8) is 0 Å². The number of carbonyl (C=O) groups is 3. The fourth-order valence-electron chi connectivity index (χ4n) is 2.67. The number of hydrogen-bond donors (Lipinski definition) is 2. The quantitative estimate of drug-likeness (QED) is 0.349. The lowest BCUT2D eigenvalue weighted by Gasteiger charge is -2.10. The van der Waals surface area contributed by atoms with Gasteiger partial charge in [-0.2, -0.15) is 0 Å². The number of amides is 2. The highest BCUT2D eigenvalue weighted by atomic mass is 16.6. The van der Waals surface area contributed by atoms with E-state index in [1.54, 1.807) is 12.1 Å². The summed E-state index contributed by atoms with van der Waals surface area (Å²) in [6.07, 6.45) is 0.990. The lowest BCUT2D eigenvalue weighted by molar-refractivity contribution is -0.384. The predicted octanol–water partition coefficient (Wildman–Crippen LogP) is 3.45. The molecule has 2 aromatic rings. The third-order valence-corrected chi connectivity index (χ3v) is 4.16. The number of rotatable bonds is 10. The van der Waals surface area contributed by atoms with Crippen LogP contribution >= 0.6 is 0 Å². The molecule has 2 rings (SSSR count). The van der Waals surface area contributed by atoms with Gasteiger partial charge in [0.15, 0.2) is 6.61 Å². The van der Waals surface area contributed by atoms with E-state index in [9.17, 15) is 24.5 Å². The number of nitrogens with one attached hydrogen (secondary N) is 2. The van der Waals surface area contributed by atoms with Crippen LogP contribution in [-0.4, -0.2) is 29.3 Å². The van der Waals surface area contributed by atoms with Gasteiger partial charge in [0.2, 0.25) is 5.91 Å². The van der Waals surface area contributed by atoms with Crippen LogP contribution in [-0.2, 0) is 25.5 Å². The monoisotopic (exact) mass is 413 g/mol. The van der Waals surface area contributed by atoms with Crippen molar-refractivity contribution in [3.8, 4) is 0 Å². The second-order valence-electron chi connectivity index (χ2n) is 6.43. The van der Waals surface area contributed by atoms with Crippen molar-refractivity contribution in [2.75, 3.05) is 17.2 Å². The molecule has 2 N–H and O–H groups in total. The molecule has 0 saturated heterocycles. The normalized spacial score (nSPS) is 10.2. The lowest BCUT2D eigenvalue weighted by Crippen LogP contribution is -2.21. The zero-order chi connectivity index (χ0) is 21.9. The molecule has 0 heterocycles. The second-order valence-corrected chi connectivity index (χ2v) is 6.43. The number of nitrogens with zero attached hydrogens (tertiary/aromatic N) is 1. The van der Waals surface area contributed by atoms with Crippen molar-refractivity contribution in [3.05, 3.63) is 64.2 Å². The Morgan fingerprint density at radius 2 is 1.77 bits per heavy atom. The minimum Gasteiger partial charge on any atom is -0.456 e. The van der Waals surface area contributed by atoms with E-state index < -0.39 is 23.4 Å². The first-order valence-corrected chi connectivity index (χ1v) is 9.46. The number of anilines is 2. The van der Waals surface area contributed by atoms with Gasteiger partial charge in [0.05, 0.1) is 4.92 Å². The van der Waals surface area contributed by atoms with Gasteiger partial charge in [-0.05, 0) is 30.5 Å². The van der Waals surface area contributed by atoms with Crippen LogP contribution in [0.3, 0.4) is 0 Å². The zero-order valence-electron chi connectivity index (χ0n) is 16.6. The average molecular weight is 413 g/mol. The molecule has 0 aromatic heterocycles. The highest BCUT2D eigenvalue weighted by Crippen LogP contribution is 2.17. The van der Waals surface area contributed by atoms with Crippen molar-refractivity contribution >= 4 is 34.8 Å². The largest absolute Gasteiger partial charge is 0.456 e. The number of nitro benzene ring substituents is 1. The van der Waals surface area contributed by atoms with Gasteiger partial charge in [-0.1, -0.05) is 31.2 Å². The van der Waals surface area contributed by atoms with Crippen molar-refractivity contribution < 1.29 is 24.0 Å². The second kappa shape index (κ2) is 11.3. The highest BCUT2D eigenvalue weighted by Gasteiger charge is 2.12. The molecule has 30 heavy (non-hydrogen) atoms. The summed E-state index contributed by atoms with van der Waals surface area (Å²) in [7, 11) is 0. The zero-order valence-corrected chi connectivity index (χ0v) is 16.6. The fraction of sp³-hybridized carbons (Fsp3) is 0.286. The van der Waals surface area contributed by atoms with Crippen LogP contribution in [0.2, 0.25) is 0 Å². The molecule has 0 aliphatic rings. The highest BCUT2D eigenvalue weighted by molar-refractivity contribution is 5.93. The summed E-state index contributed by atoms with van der Waals surface area (Å²) in [5.41, 5.74) is 1.84.